The molecule has 0 aliphatic rings. The van der Waals surface area contributed by atoms with Gasteiger partial charge in [-0.05, 0) is 30.5 Å². The number of ether oxygens (including phenoxy) is 2. The molecule has 2 aromatic heterocycles. The van der Waals surface area contributed by atoms with Crippen molar-refractivity contribution in [1.82, 2.24) is 10.2 Å². The first-order valence-electron chi connectivity index (χ1n) is 10.6. The number of carbonyl (C=O) groups is 2. The molecule has 2 heterocycles. The number of benzene rings is 1. The molecule has 1 aromatic carbocycles. The van der Waals surface area contributed by atoms with Gasteiger partial charge in [0.1, 0.15) is 17.8 Å². The quantitative estimate of drug-likeness (QED) is 0.232. The molecule has 9 nitrogen and oxygen atoms in total. The minimum Gasteiger partial charge on any atom is -0.497 e. The lowest BCUT2D eigenvalue weighted by atomic mass is 10.0. The number of nitrogens with zero attached hydrogens (tertiary/aromatic N) is 2. The lowest BCUT2D eigenvalue weighted by molar-refractivity contribution is -0.133. The van der Waals surface area contributed by atoms with Crippen molar-refractivity contribution in [1.29, 1.82) is 0 Å². The van der Waals surface area contributed by atoms with Crippen LogP contribution in [0.15, 0.2) is 50.1 Å². The van der Waals surface area contributed by atoms with Crippen LogP contribution < -0.4 is 20.2 Å². The van der Waals surface area contributed by atoms with Crippen LogP contribution in [0.25, 0.3) is 0 Å². The van der Waals surface area contributed by atoms with E-state index in [9.17, 15) is 14.4 Å². The molecule has 11 heteroatoms. The average Bonchev–Trinajstić information content (AvgIpc) is 3.27. The molecule has 0 unspecified atom stereocenters. The monoisotopic (exact) mass is 503 g/mol. The van der Waals surface area contributed by atoms with Crippen LogP contribution in [-0.4, -0.2) is 29.2 Å². The Morgan fingerprint density at radius 3 is 2.56 bits per heavy atom. The lowest BCUT2D eigenvalue weighted by Gasteiger charge is -2.09. The van der Waals surface area contributed by atoms with Crippen LogP contribution in [0.5, 0.6) is 11.5 Å². The molecule has 1 amide bonds. The molecular weight excluding hydrogens is 478 g/mol. The van der Waals surface area contributed by atoms with Gasteiger partial charge in [0, 0.05) is 12.0 Å². The number of anilines is 1. The van der Waals surface area contributed by atoms with E-state index < -0.39 is 11.4 Å². The maximum atomic E-state index is 12.3. The second-order valence-electron chi connectivity index (χ2n) is 7.24. The number of rotatable bonds is 11. The standard InChI is InChI=1S/C23H25N3O6S2/c1-4-15(5-2)21(29)24-22-25-26-23(34-22)33-13-17-11-18(27)19(12-31-17)32-20(28)10-14-6-8-16(30-3)9-7-14/h6-9,11-12,15H,4-5,10,13H2,1-3H3,(H,24,25,29). The fourth-order valence-corrected chi connectivity index (χ4v) is 4.62. The Morgan fingerprint density at radius 2 is 1.91 bits per heavy atom. The zero-order valence-corrected chi connectivity index (χ0v) is 20.7. The van der Waals surface area contributed by atoms with E-state index in [0.29, 0.717) is 26.7 Å². The summed E-state index contributed by atoms with van der Waals surface area (Å²) in [4.78, 5) is 36.7. The second kappa shape index (κ2) is 12.3. The summed E-state index contributed by atoms with van der Waals surface area (Å²) >= 11 is 2.57. The lowest BCUT2D eigenvalue weighted by Crippen LogP contribution is -2.21. The summed E-state index contributed by atoms with van der Waals surface area (Å²) in [5.41, 5.74) is 0.274. The Hall–Kier alpha value is -3.18. The summed E-state index contributed by atoms with van der Waals surface area (Å²) in [7, 11) is 1.56. The summed E-state index contributed by atoms with van der Waals surface area (Å²) in [6.07, 6.45) is 2.66. The Bertz CT molecular complexity index is 1170. The van der Waals surface area contributed by atoms with Crippen LogP contribution in [0.3, 0.4) is 0 Å². The second-order valence-corrected chi connectivity index (χ2v) is 9.44. The van der Waals surface area contributed by atoms with E-state index in [1.807, 2.05) is 13.8 Å². The first-order chi connectivity index (χ1) is 16.4. The number of thioether (sulfide) groups is 1. The van der Waals surface area contributed by atoms with Gasteiger partial charge in [0.05, 0.1) is 19.3 Å². The van der Waals surface area contributed by atoms with Gasteiger partial charge in [-0.2, -0.15) is 0 Å². The molecule has 0 radical (unpaired) electrons. The van der Waals surface area contributed by atoms with Crippen molar-refractivity contribution < 1.29 is 23.5 Å². The highest BCUT2D eigenvalue weighted by molar-refractivity contribution is 8.00. The number of methoxy groups -OCH3 is 1. The van der Waals surface area contributed by atoms with Crippen molar-refractivity contribution in [2.45, 2.75) is 43.2 Å². The Labute approximate surface area is 204 Å². The molecule has 0 atom stereocenters. The number of hydrogen-bond acceptors (Lipinski definition) is 10. The van der Waals surface area contributed by atoms with Gasteiger partial charge in [-0.3, -0.25) is 14.4 Å². The van der Waals surface area contributed by atoms with E-state index >= 15 is 0 Å². The van der Waals surface area contributed by atoms with Crippen LogP contribution >= 0.6 is 23.1 Å². The van der Waals surface area contributed by atoms with Crippen molar-refractivity contribution >= 4 is 40.1 Å². The zero-order valence-electron chi connectivity index (χ0n) is 19.0. The van der Waals surface area contributed by atoms with Crippen LogP contribution in [-0.2, 0) is 21.8 Å². The largest absolute Gasteiger partial charge is 0.497 e. The number of aromatic nitrogens is 2. The summed E-state index contributed by atoms with van der Waals surface area (Å²) < 4.78 is 16.3. The van der Waals surface area contributed by atoms with Gasteiger partial charge in [0.15, 0.2) is 4.34 Å². The maximum absolute atomic E-state index is 12.3. The molecule has 0 bridgehead atoms. The molecule has 0 spiro atoms. The van der Waals surface area contributed by atoms with Gasteiger partial charge >= 0.3 is 5.97 Å². The third-order valence-corrected chi connectivity index (χ3v) is 6.91. The van der Waals surface area contributed by atoms with Crippen LogP contribution in [0.2, 0.25) is 0 Å². The molecule has 0 fully saturated rings. The van der Waals surface area contributed by atoms with Crippen molar-refractivity contribution in [3.63, 3.8) is 0 Å². The molecule has 0 saturated carbocycles. The number of carbonyl (C=O) groups excluding carboxylic acids is 2. The number of esters is 1. The molecule has 34 heavy (non-hydrogen) atoms. The molecular formula is C23H25N3O6S2. The molecule has 180 valence electrons. The zero-order chi connectivity index (χ0) is 24.5. The highest BCUT2D eigenvalue weighted by Gasteiger charge is 2.17. The highest BCUT2D eigenvalue weighted by Crippen LogP contribution is 2.29. The number of amides is 1. The molecule has 0 aliphatic heterocycles. The van der Waals surface area contributed by atoms with Gasteiger partial charge in [-0.1, -0.05) is 49.1 Å². The van der Waals surface area contributed by atoms with E-state index in [1.54, 1.807) is 31.4 Å². The van der Waals surface area contributed by atoms with E-state index in [2.05, 4.69) is 15.5 Å². The Morgan fingerprint density at radius 1 is 1.18 bits per heavy atom. The molecule has 1 N–H and O–H groups in total. The van der Waals surface area contributed by atoms with E-state index in [1.165, 1.54) is 29.2 Å². The summed E-state index contributed by atoms with van der Waals surface area (Å²) in [6, 6.07) is 8.26. The number of hydrogen-bond donors (Lipinski definition) is 1. The maximum Gasteiger partial charge on any atom is 0.315 e. The molecule has 0 saturated heterocycles. The normalized spacial score (nSPS) is 10.8. The van der Waals surface area contributed by atoms with E-state index in [0.717, 1.165) is 24.7 Å². The fraction of sp³-hybridized carbons (Fsp3) is 0.348. The minimum atomic E-state index is -0.573. The van der Waals surface area contributed by atoms with Crippen LogP contribution in [0, 0.1) is 5.92 Å². The van der Waals surface area contributed by atoms with E-state index in [-0.39, 0.29) is 24.0 Å². The topological polar surface area (TPSA) is 121 Å². The third-order valence-electron chi connectivity index (χ3n) is 4.91. The minimum absolute atomic E-state index is 0.00815. The number of nitrogens with one attached hydrogen (secondary N) is 1. The van der Waals surface area contributed by atoms with Gasteiger partial charge in [-0.15, -0.1) is 10.2 Å². The SMILES string of the molecule is CCC(CC)C(=O)Nc1nnc(SCc2cc(=O)c(OC(=O)Cc3ccc(OC)cc3)co2)s1. The summed E-state index contributed by atoms with van der Waals surface area (Å²) in [5.74, 6) is 0.528. The van der Waals surface area contributed by atoms with Crippen molar-refractivity contribution in [3.05, 3.63) is 58.1 Å². The molecule has 3 aromatic rings. The van der Waals surface area contributed by atoms with Gasteiger partial charge < -0.3 is 19.2 Å². The average molecular weight is 504 g/mol. The fourth-order valence-electron chi connectivity index (χ4n) is 2.98. The summed E-state index contributed by atoms with van der Waals surface area (Å²) in [5, 5.41) is 11.2. The third kappa shape index (κ3) is 7.16. The van der Waals surface area contributed by atoms with Crippen LogP contribution in [0.4, 0.5) is 5.13 Å². The van der Waals surface area contributed by atoms with Crippen molar-refractivity contribution in [2.24, 2.45) is 5.92 Å². The van der Waals surface area contributed by atoms with Crippen molar-refractivity contribution in [2.75, 3.05) is 12.4 Å². The van der Waals surface area contributed by atoms with E-state index in [4.69, 9.17) is 13.9 Å². The van der Waals surface area contributed by atoms with Gasteiger partial charge in [0.2, 0.25) is 22.2 Å². The molecule has 0 aliphatic carbocycles. The first-order valence-corrected chi connectivity index (χ1v) is 12.4. The smallest absolute Gasteiger partial charge is 0.315 e. The summed E-state index contributed by atoms with van der Waals surface area (Å²) in [6.45, 7) is 3.94. The van der Waals surface area contributed by atoms with Gasteiger partial charge in [-0.25, -0.2) is 0 Å². The first kappa shape index (κ1) is 25.4. The predicted octanol–water partition coefficient (Wildman–Crippen LogP) is 4.32. The Balaban J connectivity index is 1.52. The van der Waals surface area contributed by atoms with Crippen molar-refractivity contribution in [3.8, 4) is 11.5 Å². The Kier molecular flexibility index (Phi) is 9.23. The predicted molar refractivity (Wildman–Crippen MR) is 129 cm³/mol. The van der Waals surface area contributed by atoms with Gasteiger partial charge in [0.25, 0.3) is 0 Å². The van der Waals surface area contributed by atoms with Crippen LogP contribution in [0.1, 0.15) is 38.0 Å². The highest BCUT2D eigenvalue weighted by atomic mass is 32.2. The molecule has 3 rings (SSSR count).